The van der Waals surface area contributed by atoms with Crippen LogP contribution in [0.3, 0.4) is 0 Å². The van der Waals surface area contributed by atoms with Crippen LogP contribution in [0.4, 0.5) is 5.69 Å². The Morgan fingerprint density at radius 1 is 1.13 bits per heavy atom. The van der Waals surface area contributed by atoms with Crippen molar-refractivity contribution in [2.45, 2.75) is 6.54 Å². The number of anilines is 1. The number of nitrogens with one attached hydrogen (secondary N) is 1. The van der Waals surface area contributed by atoms with Crippen LogP contribution >= 0.6 is 22.9 Å². The van der Waals surface area contributed by atoms with Crippen LogP contribution in [0.15, 0.2) is 59.0 Å². The summed E-state index contributed by atoms with van der Waals surface area (Å²) in [5, 5.41) is 5.28. The number of carbonyl (C=O) groups is 1. The highest BCUT2D eigenvalue weighted by Crippen LogP contribution is 2.32. The molecule has 0 bridgehead atoms. The van der Waals surface area contributed by atoms with Crippen molar-refractivity contribution in [2.75, 3.05) is 19.5 Å². The van der Waals surface area contributed by atoms with E-state index < -0.39 is 0 Å². The Morgan fingerprint density at radius 3 is 2.58 bits per heavy atom. The molecule has 2 aromatic carbocycles. The molecular formula is C22H18ClN3O4S. The van der Waals surface area contributed by atoms with Crippen molar-refractivity contribution in [3.05, 3.63) is 69.5 Å². The van der Waals surface area contributed by atoms with Gasteiger partial charge in [0.2, 0.25) is 5.91 Å². The Hall–Kier alpha value is -3.36. The molecule has 0 saturated carbocycles. The fourth-order valence-corrected chi connectivity index (χ4v) is 4.26. The van der Waals surface area contributed by atoms with Crippen molar-refractivity contribution in [3.8, 4) is 22.6 Å². The average Bonchev–Trinajstić information content (AvgIpc) is 3.21. The molecule has 2 aromatic heterocycles. The van der Waals surface area contributed by atoms with Gasteiger partial charge in [-0.15, -0.1) is 11.3 Å². The number of thiophene rings is 1. The number of rotatable bonds is 6. The SMILES string of the molecule is COc1ccc(NC(=O)Cn2cnc3c(-c4ccc(Cl)cc4)csc3c2=O)cc1OC. The summed E-state index contributed by atoms with van der Waals surface area (Å²) in [7, 11) is 3.05. The van der Waals surface area contributed by atoms with Gasteiger partial charge in [-0.1, -0.05) is 23.7 Å². The molecule has 0 fully saturated rings. The first-order valence-electron chi connectivity index (χ1n) is 9.24. The van der Waals surface area contributed by atoms with E-state index in [9.17, 15) is 9.59 Å². The van der Waals surface area contributed by atoms with Gasteiger partial charge in [0.15, 0.2) is 11.5 Å². The molecule has 0 aliphatic rings. The topological polar surface area (TPSA) is 82.5 Å². The van der Waals surface area contributed by atoms with Crippen molar-refractivity contribution in [3.63, 3.8) is 0 Å². The number of nitrogens with zero attached hydrogens (tertiary/aromatic N) is 2. The van der Waals surface area contributed by atoms with Gasteiger partial charge in [-0.25, -0.2) is 4.98 Å². The van der Waals surface area contributed by atoms with Gasteiger partial charge >= 0.3 is 0 Å². The van der Waals surface area contributed by atoms with E-state index >= 15 is 0 Å². The van der Waals surface area contributed by atoms with E-state index in [1.54, 1.807) is 30.3 Å². The zero-order valence-electron chi connectivity index (χ0n) is 16.7. The molecule has 1 amide bonds. The number of carbonyl (C=O) groups excluding carboxylic acids is 1. The molecule has 9 heteroatoms. The summed E-state index contributed by atoms with van der Waals surface area (Å²) in [6, 6.07) is 12.4. The minimum absolute atomic E-state index is 0.162. The quantitative estimate of drug-likeness (QED) is 0.465. The van der Waals surface area contributed by atoms with Gasteiger partial charge in [0.1, 0.15) is 11.2 Å². The average molecular weight is 456 g/mol. The number of hydrogen-bond donors (Lipinski definition) is 1. The molecule has 31 heavy (non-hydrogen) atoms. The third kappa shape index (κ3) is 4.26. The van der Waals surface area contributed by atoms with Gasteiger partial charge in [0, 0.05) is 27.7 Å². The molecule has 4 rings (SSSR count). The molecule has 0 unspecified atom stereocenters. The number of aromatic nitrogens is 2. The van der Waals surface area contributed by atoms with Gasteiger partial charge in [0.25, 0.3) is 5.56 Å². The van der Waals surface area contributed by atoms with Gasteiger partial charge in [0.05, 0.1) is 26.1 Å². The number of methoxy groups -OCH3 is 2. The Balaban J connectivity index is 1.56. The minimum Gasteiger partial charge on any atom is -0.493 e. The van der Waals surface area contributed by atoms with Crippen LogP contribution in [0.5, 0.6) is 11.5 Å². The second kappa shape index (κ2) is 8.79. The Kier molecular flexibility index (Phi) is 5.92. The fraction of sp³-hybridized carbons (Fsp3) is 0.136. The Labute approximate surface area is 186 Å². The van der Waals surface area contributed by atoms with E-state index in [0.717, 1.165) is 11.1 Å². The molecule has 0 saturated heterocycles. The highest BCUT2D eigenvalue weighted by molar-refractivity contribution is 7.17. The summed E-state index contributed by atoms with van der Waals surface area (Å²) in [5.74, 6) is 0.694. The minimum atomic E-state index is -0.357. The number of benzene rings is 2. The summed E-state index contributed by atoms with van der Waals surface area (Å²) in [6.45, 7) is -0.162. The lowest BCUT2D eigenvalue weighted by Crippen LogP contribution is -2.27. The van der Waals surface area contributed by atoms with Crippen LogP contribution in [0.2, 0.25) is 5.02 Å². The maximum atomic E-state index is 12.9. The second-order valence-electron chi connectivity index (χ2n) is 6.63. The summed E-state index contributed by atoms with van der Waals surface area (Å²) >= 11 is 7.26. The fourth-order valence-electron chi connectivity index (χ4n) is 3.16. The first kappa shape index (κ1) is 20.9. The second-order valence-corrected chi connectivity index (χ2v) is 7.95. The summed E-state index contributed by atoms with van der Waals surface area (Å²) in [4.78, 5) is 29.8. The predicted molar refractivity (Wildman–Crippen MR) is 123 cm³/mol. The number of fused-ring (bicyclic) bond motifs is 1. The molecule has 0 atom stereocenters. The van der Waals surface area contributed by atoms with Crippen LogP contribution in [-0.2, 0) is 11.3 Å². The number of hydrogen-bond acceptors (Lipinski definition) is 6. The van der Waals surface area contributed by atoms with Crippen LogP contribution in [0.1, 0.15) is 0 Å². The lowest BCUT2D eigenvalue weighted by Gasteiger charge is -2.11. The Bertz CT molecular complexity index is 1310. The molecule has 1 N–H and O–H groups in total. The van der Waals surface area contributed by atoms with Crippen LogP contribution in [-0.4, -0.2) is 29.7 Å². The monoisotopic (exact) mass is 455 g/mol. The van der Waals surface area contributed by atoms with E-state index in [1.807, 2.05) is 17.5 Å². The summed E-state index contributed by atoms with van der Waals surface area (Å²) < 4.78 is 12.2. The van der Waals surface area contributed by atoms with Crippen molar-refractivity contribution in [1.29, 1.82) is 0 Å². The van der Waals surface area contributed by atoms with Gasteiger partial charge < -0.3 is 14.8 Å². The van der Waals surface area contributed by atoms with E-state index in [-0.39, 0.29) is 18.0 Å². The molecule has 0 spiro atoms. The molecule has 7 nitrogen and oxygen atoms in total. The lowest BCUT2D eigenvalue weighted by atomic mass is 10.1. The van der Waals surface area contributed by atoms with Crippen molar-refractivity contribution >= 4 is 44.7 Å². The van der Waals surface area contributed by atoms with E-state index in [0.29, 0.717) is 32.4 Å². The largest absolute Gasteiger partial charge is 0.493 e. The zero-order chi connectivity index (χ0) is 22.0. The van der Waals surface area contributed by atoms with E-state index in [1.165, 1.54) is 36.5 Å². The molecule has 0 aliphatic carbocycles. The Morgan fingerprint density at radius 2 is 1.87 bits per heavy atom. The smallest absolute Gasteiger partial charge is 0.271 e. The third-order valence-electron chi connectivity index (χ3n) is 4.68. The van der Waals surface area contributed by atoms with Crippen LogP contribution in [0.25, 0.3) is 21.3 Å². The number of amides is 1. The highest BCUT2D eigenvalue weighted by atomic mass is 35.5. The molecule has 158 valence electrons. The molecule has 0 radical (unpaired) electrons. The zero-order valence-corrected chi connectivity index (χ0v) is 18.3. The first-order chi connectivity index (χ1) is 15.0. The van der Waals surface area contributed by atoms with Gasteiger partial charge in [-0.3, -0.25) is 14.2 Å². The predicted octanol–water partition coefficient (Wildman–Crippen LogP) is 4.43. The van der Waals surface area contributed by atoms with E-state index in [4.69, 9.17) is 21.1 Å². The van der Waals surface area contributed by atoms with Crippen molar-refractivity contribution in [2.24, 2.45) is 0 Å². The van der Waals surface area contributed by atoms with Gasteiger partial charge in [-0.05, 0) is 29.8 Å². The number of ether oxygens (including phenoxy) is 2. The van der Waals surface area contributed by atoms with Crippen molar-refractivity contribution in [1.82, 2.24) is 9.55 Å². The lowest BCUT2D eigenvalue weighted by molar-refractivity contribution is -0.116. The normalized spacial score (nSPS) is 10.8. The van der Waals surface area contributed by atoms with Crippen LogP contribution < -0.4 is 20.3 Å². The maximum Gasteiger partial charge on any atom is 0.271 e. The highest BCUT2D eigenvalue weighted by Gasteiger charge is 2.14. The molecule has 0 aliphatic heterocycles. The standard InChI is InChI=1S/C22H18ClN3O4S/c1-29-17-8-7-15(9-18(17)30-2)25-19(27)10-26-12-24-20-16(11-31-21(20)22(26)28)13-3-5-14(23)6-4-13/h3-9,11-12H,10H2,1-2H3,(H,25,27). The van der Waals surface area contributed by atoms with Crippen molar-refractivity contribution < 1.29 is 14.3 Å². The van der Waals surface area contributed by atoms with Gasteiger partial charge in [-0.2, -0.15) is 0 Å². The number of halogens is 1. The first-order valence-corrected chi connectivity index (χ1v) is 10.5. The summed E-state index contributed by atoms with van der Waals surface area (Å²) in [6.07, 6.45) is 1.39. The molecular weight excluding hydrogens is 438 g/mol. The third-order valence-corrected chi connectivity index (χ3v) is 5.89. The molecule has 4 aromatic rings. The maximum absolute atomic E-state index is 12.9. The molecule has 2 heterocycles. The van der Waals surface area contributed by atoms with Crippen LogP contribution in [0, 0.1) is 0 Å². The summed E-state index contributed by atoms with van der Waals surface area (Å²) in [5.41, 5.74) is 2.65. The van der Waals surface area contributed by atoms with E-state index in [2.05, 4.69) is 10.3 Å².